The average Bonchev–Trinajstić information content (AvgIpc) is 2.56. The SMILES string of the molecule is CC(C)c1cccc(NC(N)=NCC(c2ccc(F)cc2)N(C)C)c1. The van der Waals surface area contributed by atoms with E-state index in [-0.39, 0.29) is 11.9 Å². The van der Waals surface area contributed by atoms with Crippen LogP contribution in [0.25, 0.3) is 0 Å². The molecule has 0 aromatic heterocycles. The summed E-state index contributed by atoms with van der Waals surface area (Å²) >= 11 is 0. The van der Waals surface area contributed by atoms with Crippen molar-refractivity contribution in [2.45, 2.75) is 25.8 Å². The summed E-state index contributed by atoms with van der Waals surface area (Å²) in [6, 6.07) is 14.7. The third-order valence-electron chi connectivity index (χ3n) is 4.14. The zero-order valence-corrected chi connectivity index (χ0v) is 15.3. The third kappa shape index (κ3) is 5.57. The van der Waals surface area contributed by atoms with Crippen molar-refractivity contribution in [1.29, 1.82) is 0 Å². The smallest absolute Gasteiger partial charge is 0.193 e. The highest BCUT2D eigenvalue weighted by Crippen LogP contribution is 2.20. The summed E-state index contributed by atoms with van der Waals surface area (Å²) in [7, 11) is 3.94. The van der Waals surface area contributed by atoms with E-state index in [0.717, 1.165) is 11.3 Å². The normalized spacial score (nSPS) is 13.3. The molecule has 0 aliphatic rings. The molecule has 2 aromatic carbocycles. The summed E-state index contributed by atoms with van der Waals surface area (Å²) < 4.78 is 13.1. The Hall–Kier alpha value is -2.40. The Morgan fingerprint density at radius 1 is 1.12 bits per heavy atom. The van der Waals surface area contributed by atoms with E-state index in [1.807, 2.05) is 31.1 Å². The first-order chi connectivity index (χ1) is 11.9. The maximum absolute atomic E-state index is 13.1. The molecule has 1 atom stereocenters. The van der Waals surface area contributed by atoms with Gasteiger partial charge in [-0.05, 0) is 55.4 Å². The number of anilines is 1. The standard InChI is InChI=1S/C20H27FN4/c1-14(2)16-6-5-7-18(12-16)24-20(22)23-13-19(25(3)4)15-8-10-17(21)11-9-15/h5-12,14,19H,13H2,1-4H3,(H3,22,23,24). The molecular formula is C20H27FN4. The van der Waals surface area contributed by atoms with E-state index in [1.165, 1.54) is 17.7 Å². The molecule has 0 heterocycles. The topological polar surface area (TPSA) is 53.6 Å². The van der Waals surface area contributed by atoms with Crippen molar-refractivity contribution in [2.24, 2.45) is 10.7 Å². The van der Waals surface area contributed by atoms with Gasteiger partial charge in [0.2, 0.25) is 0 Å². The fourth-order valence-corrected chi connectivity index (χ4v) is 2.60. The molecular weight excluding hydrogens is 315 g/mol. The van der Waals surface area contributed by atoms with Gasteiger partial charge in [-0.2, -0.15) is 0 Å². The minimum atomic E-state index is -0.240. The van der Waals surface area contributed by atoms with E-state index in [2.05, 4.69) is 36.3 Å². The van der Waals surface area contributed by atoms with Gasteiger partial charge in [-0.25, -0.2) is 4.39 Å². The first-order valence-corrected chi connectivity index (χ1v) is 8.45. The van der Waals surface area contributed by atoms with Crippen molar-refractivity contribution < 1.29 is 4.39 Å². The van der Waals surface area contributed by atoms with E-state index in [4.69, 9.17) is 5.73 Å². The Morgan fingerprint density at radius 3 is 2.40 bits per heavy atom. The van der Waals surface area contributed by atoms with E-state index in [1.54, 1.807) is 12.1 Å². The van der Waals surface area contributed by atoms with Crippen LogP contribution < -0.4 is 11.1 Å². The monoisotopic (exact) mass is 342 g/mol. The number of halogens is 1. The van der Waals surface area contributed by atoms with Gasteiger partial charge in [0.15, 0.2) is 5.96 Å². The van der Waals surface area contributed by atoms with Crippen LogP contribution in [0.15, 0.2) is 53.5 Å². The Balaban J connectivity index is 2.07. The second kappa shape index (κ2) is 8.62. The number of aliphatic imine (C=N–C) groups is 1. The summed E-state index contributed by atoms with van der Waals surface area (Å²) in [6.45, 7) is 4.79. The molecule has 0 amide bonds. The minimum Gasteiger partial charge on any atom is -0.370 e. The van der Waals surface area contributed by atoms with Crippen LogP contribution in [0.4, 0.5) is 10.1 Å². The van der Waals surface area contributed by atoms with Gasteiger partial charge >= 0.3 is 0 Å². The van der Waals surface area contributed by atoms with Gasteiger partial charge < -0.3 is 16.0 Å². The molecule has 0 fully saturated rings. The number of nitrogens with two attached hydrogens (primary N) is 1. The van der Waals surface area contributed by atoms with Crippen LogP contribution in [-0.2, 0) is 0 Å². The maximum Gasteiger partial charge on any atom is 0.193 e. The number of nitrogens with zero attached hydrogens (tertiary/aromatic N) is 2. The van der Waals surface area contributed by atoms with Crippen molar-refractivity contribution in [3.05, 3.63) is 65.5 Å². The fraction of sp³-hybridized carbons (Fsp3) is 0.350. The molecule has 0 saturated carbocycles. The predicted octanol–water partition coefficient (Wildman–Crippen LogP) is 3.98. The molecule has 2 aromatic rings. The van der Waals surface area contributed by atoms with Gasteiger partial charge in [0.1, 0.15) is 5.82 Å². The van der Waals surface area contributed by atoms with Gasteiger partial charge in [0.05, 0.1) is 12.6 Å². The van der Waals surface area contributed by atoms with E-state index >= 15 is 0 Å². The van der Waals surface area contributed by atoms with E-state index in [9.17, 15) is 4.39 Å². The van der Waals surface area contributed by atoms with Gasteiger partial charge in [-0.3, -0.25) is 4.99 Å². The van der Waals surface area contributed by atoms with Crippen molar-refractivity contribution in [2.75, 3.05) is 26.0 Å². The number of benzene rings is 2. The van der Waals surface area contributed by atoms with Crippen LogP contribution in [0.1, 0.15) is 36.9 Å². The van der Waals surface area contributed by atoms with Crippen molar-refractivity contribution in [1.82, 2.24) is 4.90 Å². The highest BCUT2D eigenvalue weighted by Gasteiger charge is 2.14. The van der Waals surface area contributed by atoms with Gasteiger partial charge in [-0.15, -0.1) is 0 Å². The summed E-state index contributed by atoms with van der Waals surface area (Å²) in [5.41, 5.74) is 9.22. The second-order valence-corrected chi connectivity index (χ2v) is 6.66. The lowest BCUT2D eigenvalue weighted by Crippen LogP contribution is -2.27. The zero-order valence-electron chi connectivity index (χ0n) is 15.3. The van der Waals surface area contributed by atoms with Crippen LogP contribution in [0.2, 0.25) is 0 Å². The van der Waals surface area contributed by atoms with Crippen LogP contribution in [-0.4, -0.2) is 31.5 Å². The summed E-state index contributed by atoms with van der Waals surface area (Å²) in [5, 5.41) is 3.14. The third-order valence-corrected chi connectivity index (χ3v) is 4.14. The number of hydrogen-bond donors (Lipinski definition) is 2. The summed E-state index contributed by atoms with van der Waals surface area (Å²) in [6.07, 6.45) is 0. The number of hydrogen-bond acceptors (Lipinski definition) is 2. The Morgan fingerprint density at radius 2 is 1.80 bits per heavy atom. The molecule has 5 heteroatoms. The Bertz CT molecular complexity index is 708. The molecule has 134 valence electrons. The van der Waals surface area contributed by atoms with Gasteiger partial charge in [0.25, 0.3) is 0 Å². The first-order valence-electron chi connectivity index (χ1n) is 8.45. The Kier molecular flexibility index (Phi) is 6.53. The van der Waals surface area contributed by atoms with Crippen LogP contribution >= 0.6 is 0 Å². The lowest BCUT2D eigenvalue weighted by Gasteiger charge is -2.23. The highest BCUT2D eigenvalue weighted by molar-refractivity contribution is 5.92. The lowest BCUT2D eigenvalue weighted by molar-refractivity contribution is 0.306. The largest absolute Gasteiger partial charge is 0.370 e. The molecule has 0 aliphatic heterocycles. The molecule has 0 saturated heterocycles. The average molecular weight is 342 g/mol. The van der Waals surface area contributed by atoms with Crippen molar-refractivity contribution in [3.63, 3.8) is 0 Å². The molecule has 0 aliphatic carbocycles. The molecule has 0 radical (unpaired) electrons. The summed E-state index contributed by atoms with van der Waals surface area (Å²) in [5.74, 6) is 0.586. The molecule has 25 heavy (non-hydrogen) atoms. The molecule has 1 unspecified atom stereocenters. The van der Waals surface area contributed by atoms with Crippen LogP contribution in [0.5, 0.6) is 0 Å². The molecule has 4 nitrogen and oxygen atoms in total. The molecule has 0 bridgehead atoms. The first kappa shape index (κ1) is 18.9. The molecule has 0 spiro atoms. The van der Waals surface area contributed by atoms with Crippen LogP contribution in [0.3, 0.4) is 0 Å². The zero-order chi connectivity index (χ0) is 18.4. The van der Waals surface area contributed by atoms with E-state index < -0.39 is 0 Å². The maximum atomic E-state index is 13.1. The second-order valence-electron chi connectivity index (χ2n) is 6.66. The number of nitrogens with one attached hydrogen (secondary N) is 1. The quantitative estimate of drug-likeness (QED) is 0.617. The molecule has 3 N–H and O–H groups in total. The lowest BCUT2D eigenvalue weighted by atomic mass is 10.0. The van der Waals surface area contributed by atoms with Gasteiger partial charge in [-0.1, -0.05) is 38.1 Å². The van der Waals surface area contributed by atoms with Gasteiger partial charge in [0, 0.05) is 5.69 Å². The fourth-order valence-electron chi connectivity index (χ4n) is 2.60. The minimum absolute atomic E-state index is 0.0305. The van der Waals surface area contributed by atoms with E-state index in [0.29, 0.717) is 18.4 Å². The predicted molar refractivity (Wildman–Crippen MR) is 103 cm³/mol. The van der Waals surface area contributed by atoms with Crippen molar-refractivity contribution in [3.8, 4) is 0 Å². The van der Waals surface area contributed by atoms with Crippen LogP contribution in [0, 0.1) is 5.82 Å². The summed E-state index contributed by atoms with van der Waals surface area (Å²) in [4.78, 5) is 6.51. The number of likely N-dealkylation sites (N-methyl/N-ethyl adjacent to an activating group) is 1. The van der Waals surface area contributed by atoms with Crippen molar-refractivity contribution >= 4 is 11.6 Å². The number of guanidine groups is 1. The highest BCUT2D eigenvalue weighted by atomic mass is 19.1. The Labute approximate surface area is 149 Å². The molecule has 2 rings (SSSR count). The number of rotatable bonds is 6.